The number of hydrogen-bond donors (Lipinski definition) is 1. The lowest BCUT2D eigenvalue weighted by atomic mass is 10.1. The summed E-state index contributed by atoms with van der Waals surface area (Å²) >= 11 is 0. The molecule has 2 aliphatic rings. The smallest absolute Gasteiger partial charge is 0.0597 e. The summed E-state index contributed by atoms with van der Waals surface area (Å²) in [6, 6.07) is 3.59. The van der Waals surface area contributed by atoms with Crippen LogP contribution in [-0.4, -0.2) is 39.9 Å². The highest BCUT2D eigenvalue weighted by Gasteiger charge is 2.34. The van der Waals surface area contributed by atoms with Gasteiger partial charge in [0.25, 0.3) is 0 Å². The van der Waals surface area contributed by atoms with E-state index in [1.807, 2.05) is 4.68 Å². The standard InChI is InChI=1S/C15H26N4/c1-11-8-14(18(3)17-11)9-19-10-15(13-4-5-13)16-7-6-12(19)2/h8,12-13,15-16H,4-7,9-10H2,1-3H3. The molecular weight excluding hydrogens is 236 g/mol. The van der Waals surface area contributed by atoms with Gasteiger partial charge in [-0.3, -0.25) is 9.58 Å². The molecule has 1 saturated carbocycles. The maximum atomic E-state index is 4.47. The van der Waals surface area contributed by atoms with Gasteiger partial charge in [0, 0.05) is 32.2 Å². The Balaban J connectivity index is 1.71. The molecule has 0 amide bonds. The van der Waals surface area contributed by atoms with Crippen LogP contribution in [0.1, 0.15) is 37.6 Å². The van der Waals surface area contributed by atoms with Crippen LogP contribution in [0.25, 0.3) is 0 Å². The van der Waals surface area contributed by atoms with Crippen molar-refractivity contribution in [1.82, 2.24) is 20.0 Å². The van der Waals surface area contributed by atoms with Gasteiger partial charge in [-0.25, -0.2) is 0 Å². The maximum Gasteiger partial charge on any atom is 0.0597 e. The van der Waals surface area contributed by atoms with Crippen LogP contribution in [0, 0.1) is 12.8 Å². The summed E-state index contributed by atoms with van der Waals surface area (Å²) in [5.74, 6) is 0.932. The zero-order chi connectivity index (χ0) is 13.4. The number of nitrogens with one attached hydrogen (secondary N) is 1. The summed E-state index contributed by atoms with van der Waals surface area (Å²) in [5.41, 5.74) is 2.46. The second-order valence-corrected chi connectivity index (χ2v) is 6.37. The summed E-state index contributed by atoms with van der Waals surface area (Å²) in [6.45, 7) is 7.83. The number of hydrogen-bond acceptors (Lipinski definition) is 3. The lowest BCUT2D eigenvalue weighted by Gasteiger charge is -2.29. The van der Waals surface area contributed by atoms with Gasteiger partial charge < -0.3 is 5.32 Å². The third kappa shape index (κ3) is 3.00. The molecule has 2 heterocycles. The first-order chi connectivity index (χ1) is 9.13. The molecule has 4 nitrogen and oxygen atoms in total. The normalized spacial score (nSPS) is 29.4. The molecule has 0 spiro atoms. The first kappa shape index (κ1) is 13.1. The average molecular weight is 262 g/mol. The molecule has 106 valence electrons. The zero-order valence-corrected chi connectivity index (χ0v) is 12.4. The van der Waals surface area contributed by atoms with Crippen molar-refractivity contribution >= 4 is 0 Å². The Labute approximate surface area is 116 Å². The second kappa shape index (κ2) is 5.25. The molecule has 2 atom stereocenters. The van der Waals surface area contributed by atoms with Crippen molar-refractivity contribution in [1.29, 1.82) is 0 Å². The van der Waals surface area contributed by atoms with Crippen LogP contribution in [0.2, 0.25) is 0 Å². The van der Waals surface area contributed by atoms with Crippen molar-refractivity contribution in [2.45, 2.75) is 51.7 Å². The number of aromatic nitrogens is 2. The molecule has 0 radical (unpaired) electrons. The van der Waals surface area contributed by atoms with E-state index in [1.54, 1.807) is 0 Å². The lowest BCUT2D eigenvalue weighted by Crippen LogP contribution is -2.41. The minimum Gasteiger partial charge on any atom is -0.312 e. The Morgan fingerprint density at radius 1 is 1.37 bits per heavy atom. The van der Waals surface area contributed by atoms with E-state index >= 15 is 0 Å². The molecule has 0 bridgehead atoms. The predicted octanol–water partition coefficient (Wildman–Crippen LogP) is 1.69. The Kier molecular flexibility index (Phi) is 3.63. The quantitative estimate of drug-likeness (QED) is 0.900. The number of nitrogens with zero attached hydrogens (tertiary/aromatic N) is 3. The fourth-order valence-corrected chi connectivity index (χ4v) is 3.21. The molecule has 2 fully saturated rings. The van der Waals surface area contributed by atoms with Crippen LogP contribution in [0.4, 0.5) is 0 Å². The minimum atomic E-state index is 0.659. The van der Waals surface area contributed by atoms with Gasteiger partial charge in [-0.2, -0.15) is 5.10 Å². The molecular formula is C15H26N4. The Morgan fingerprint density at radius 2 is 2.16 bits per heavy atom. The van der Waals surface area contributed by atoms with Crippen molar-refractivity contribution in [3.05, 3.63) is 17.5 Å². The van der Waals surface area contributed by atoms with Gasteiger partial charge in [0.15, 0.2) is 0 Å². The van der Waals surface area contributed by atoms with Crippen molar-refractivity contribution in [3.8, 4) is 0 Å². The lowest BCUT2D eigenvalue weighted by molar-refractivity contribution is 0.186. The van der Waals surface area contributed by atoms with E-state index in [-0.39, 0.29) is 0 Å². The second-order valence-electron chi connectivity index (χ2n) is 6.37. The molecule has 1 saturated heterocycles. The van der Waals surface area contributed by atoms with E-state index in [1.165, 1.54) is 38.0 Å². The minimum absolute atomic E-state index is 0.659. The van der Waals surface area contributed by atoms with Gasteiger partial charge >= 0.3 is 0 Å². The first-order valence-electron chi connectivity index (χ1n) is 7.60. The third-order valence-electron chi connectivity index (χ3n) is 4.68. The fourth-order valence-electron chi connectivity index (χ4n) is 3.21. The van der Waals surface area contributed by atoms with Crippen molar-refractivity contribution in [2.24, 2.45) is 13.0 Å². The Bertz CT molecular complexity index is 435. The van der Waals surface area contributed by atoms with Gasteiger partial charge in [0.2, 0.25) is 0 Å². The molecule has 2 unspecified atom stereocenters. The molecule has 3 rings (SSSR count). The van der Waals surface area contributed by atoms with E-state index < -0.39 is 0 Å². The monoisotopic (exact) mass is 262 g/mol. The number of rotatable bonds is 3. The predicted molar refractivity (Wildman–Crippen MR) is 76.9 cm³/mol. The van der Waals surface area contributed by atoms with E-state index in [0.29, 0.717) is 12.1 Å². The Hall–Kier alpha value is -0.870. The van der Waals surface area contributed by atoms with E-state index in [9.17, 15) is 0 Å². The molecule has 1 aromatic heterocycles. The van der Waals surface area contributed by atoms with Crippen molar-refractivity contribution < 1.29 is 0 Å². The van der Waals surface area contributed by atoms with Crippen molar-refractivity contribution in [2.75, 3.05) is 13.1 Å². The van der Waals surface area contributed by atoms with Crippen LogP contribution in [0.3, 0.4) is 0 Å². The van der Waals surface area contributed by atoms with Gasteiger partial charge in [-0.1, -0.05) is 0 Å². The van der Waals surface area contributed by atoms with E-state index in [4.69, 9.17) is 0 Å². The topological polar surface area (TPSA) is 33.1 Å². The highest BCUT2D eigenvalue weighted by atomic mass is 15.3. The van der Waals surface area contributed by atoms with Gasteiger partial charge in [-0.05, 0) is 51.6 Å². The molecule has 4 heteroatoms. The summed E-state index contributed by atoms with van der Waals surface area (Å²) in [7, 11) is 2.06. The SMILES string of the molecule is Cc1cc(CN2CC(C3CC3)NCCC2C)n(C)n1. The largest absolute Gasteiger partial charge is 0.312 e. The fraction of sp³-hybridized carbons (Fsp3) is 0.800. The summed E-state index contributed by atoms with van der Waals surface area (Å²) in [6.07, 6.45) is 4.09. The molecule has 0 aromatic carbocycles. The first-order valence-corrected chi connectivity index (χ1v) is 7.60. The molecule has 1 N–H and O–H groups in total. The van der Waals surface area contributed by atoms with Crippen LogP contribution in [0.5, 0.6) is 0 Å². The van der Waals surface area contributed by atoms with E-state index in [2.05, 4.69) is 42.3 Å². The molecule has 1 aromatic rings. The maximum absolute atomic E-state index is 4.47. The summed E-state index contributed by atoms with van der Waals surface area (Å²) in [5, 5.41) is 8.21. The summed E-state index contributed by atoms with van der Waals surface area (Å²) < 4.78 is 2.03. The van der Waals surface area contributed by atoms with Gasteiger partial charge in [0.05, 0.1) is 11.4 Å². The number of aryl methyl sites for hydroxylation is 2. The molecule has 1 aliphatic heterocycles. The van der Waals surface area contributed by atoms with Crippen molar-refractivity contribution in [3.63, 3.8) is 0 Å². The van der Waals surface area contributed by atoms with E-state index in [0.717, 1.165) is 18.2 Å². The van der Waals surface area contributed by atoms with Gasteiger partial charge in [0.1, 0.15) is 0 Å². The highest BCUT2D eigenvalue weighted by Crippen LogP contribution is 2.34. The molecule has 19 heavy (non-hydrogen) atoms. The zero-order valence-electron chi connectivity index (χ0n) is 12.4. The average Bonchev–Trinajstić information content (AvgIpc) is 3.14. The van der Waals surface area contributed by atoms with Crippen LogP contribution in [-0.2, 0) is 13.6 Å². The third-order valence-corrected chi connectivity index (χ3v) is 4.68. The van der Waals surface area contributed by atoms with Crippen LogP contribution in [0.15, 0.2) is 6.07 Å². The van der Waals surface area contributed by atoms with Crippen LogP contribution < -0.4 is 5.32 Å². The summed E-state index contributed by atoms with van der Waals surface area (Å²) in [4.78, 5) is 2.64. The molecule has 1 aliphatic carbocycles. The van der Waals surface area contributed by atoms with Gasteiger partial charge in [-0.15, -0.1) is 0 Å². The van der Waals surface area contributed by atoms with Crippen LogP contribution >= 0.6 is 0 Å². The Morgan fingerprint density at radius 3 is 2.79 bits per heavy atom. The highest BCUT2D eigenvalue weighted by molar-refractivity contribution is 5.09.